The average molecular weight is 221 g/mol. The molecule has 2 heteroatoms. The van der Waals surface area contributed by atoms with Gasteiger partial charge in [-0.15, -0.1) is 0 Å². The lowest BCUT2D eigenvalue weighted by Crippen LogP contribution is -2.17. The van der Waals surface area contributed by atoms with E-state index >= 15 is 0 Å². The molecule has 1 heterocycles. The van der Waals surface area contributed by atoms with Gasteiger partial charge >= 0.3 is 0 Å². The third-order valence-electron chi connectivity index (χ3n) is 2.66. The van der Waals surface area contributed by atoms with Gasteiger partial charge in [-0.3, -0.25) is 0 Å². The molecule has 0 N–H and O–H groups in total. The summed E-state index contributed by atoms with van der Waals surface area (Å²) in [5.41, 5.74) is 0. The van der Waals surface area contributed by atoms with Crippen LogP contribution in [0.5, 0.6) is 5.75 Å². The minimum absolute atomic E-state index is 0.498. The van der Waals surface area contributed by atoms with Gasteiger partial charge in [0.25, 0.3) is 0 Å². The Morgan fingerprint density at radius 2 is 1.73 bits per heavy atom. The Hall–Kier alpha value is -0.890. The second-order valence-electron chi connectivity index (χ2n) is 3.72. The lowest BCUT2D eigenvalue weighted by atomic mass is 10.3. The molecule has 0 saturated carbocycles. The van der Waals surface area contributed by atoms with Crippen molar-refractivity contribution >= 4 is 10.9 Å². The predicted octanol–water partition coefficient (Wildman–Crippen LogP) is 3.37. The first-order valence-corrected chi connectivity index (χ1v) is 7.01. The maximum absolute atomic E-state index is 5.22. The molecule has 1 nitrogen and oxygen atoms in total. The van der Waals surface area contributed by atoms with E-state index in [0.717, 1.165) is 5.75 Å². The Morgan fingerprint density at radius 3 is 2.33 bits per heavy atom. The van der Waals surface area contributed by atoms with Crippen molar-refractivity contribution in [2.45, 2.75) is 24.2 Å². The Labute approximate surface area is 94.5 Å². The summed E-state index contributed by atoms with van der Waals surface area (Å²) in [5.74, 6) is 3.64. The van der Waals surface area contributed by atoms with Gasteiger partial charge in [0.2, 0.25) is 0 Å². The Kier molecular flexibility index (Phi) is 3.73. The van der Waals surface area contributed by atoms with E-state index in [9.17, 15) is 0 Å². The first kappa shape index (κ1) is 10.6. The first-order valence-electron chi connectivity index (χ1n) is 5.45. The predicted molar refractivity (Wildman–Crippen MR) is 66.5 cm³/mol. The number of benzene rings is 1. The van der Waals surface area contributed by atoms with Crippen molar-refractivity contribution in [1.82, 2.24) is 0 Å². The number of ether oxygens (including phenoxy) is 1. The molecule has 0 radical (unpaired) electrons. The van der Waals surface area contributed by atoms with Gasteiger partial charge in [-0.2, -0.15) is 0 Å². The van der Waals surface area contributed by atoms with Crippen LogP contribution in [0, 0.1) is 0 Å². The molecule has 0 atom stereocenters. The highest BCUT2D eigenvalue weighted by molar-refractivity contribution is 7.96. The van der Waals surface area contributed by atoms with Gasteiger partial charge in [0.15, 0.2) is 4.90 Å². The zero-order chi connectivity index (χ0) is 10.5. The van der Waals surface area contributed by atoms with Gasteiger partial charge in [-0.1, -0.05) is 6.58 Å². The molecule has 0 amide bonds. The van der Waals surface area contributed by atoms with Crippen molar-refractivity contribution < 1.29 is 4.74 Å². The largest absolute Gasteiger partial charge is 0.466 e. The summed E-state index contributed by atoms with van der Waals surface area (Å²) >= 11 is 0. The summed E-state index contributed by atoms with van der Waals surface area (Å²) in [6.07, 6.45) is 5.68. The van der Waals surface area contributed by atoms with Crippen molar-refractivity contribution in [2.24, 2.45) is 0 Å². The van der Waals surface area contributed by atoms with Crippen molar-refractivity contribution in [1.29, 1.82) is 0 Å². The summed E-state index contributed by atoms with van der Waals surface area (Å²) in [6, 6.07) is 8.48. The normalized spacial score (nSPS) is 17.3. The van der Waals surface area contributed by atoms with E-state index in [0.29, 0.717) is 10.9 Å². The maximum atomic E-state index is 5.22. The highest BCUT2D eigenvalue weighted by atomic mass is 32.2. The molecule has 0 bridgehead atoms. The van der Waals surface area contributed by atoms with Gasteiger partial charge in [-0.25, -0.2) is 0 Å². The third-order valence-corrected chi connectivity index (χ3v) is 5.16. The maximum Gasteiger partial charge on any atom is 0.155 e. The van der Waals surface area contributed by atoms with Crippen LogP contribution in [0.2, 0.25) is 0 Å². The molecule has 0 aromatic heterocycles. The van der Waals surface area contributed by atoms with E-state index < -0.39 is 0 Å². The van der Waals surface area contributed by atoms with Crippen LogP contribution in [0.3, 0.4) is 0 Å². The van der Waals surface area contributed by atoms with Crippen LogP contribution >= 0.6 is 0 Å². The molecule has 0 unspecified atom stereocenters. The van der Waals surface area contributed by atoms with Crippen molar-refractivity contribution in [3.63, 3.8) is 0 Å². The zero-order valence-electron chi connectivity index (χ0n) is 8.95. The molecule has 1 aromatic carbocycles. The van der Waals surface area contributed by atoms with E-state index in [1.54, 1.807) is 0 Å². The van der Waals surface area contributed by atoms with Crippen LogP contribution in [-0.4, -0.2) is 11.5 Å². The fourth-order valence-electron chi connectivity index (χ4n) is 1.87. The number of hydrogen-bond donors (Lipinski definition) is 0. The molecule has 1 aliphatic rings. The molecule has 0 spiro atoms. The topological polar surface area (TPSA) is 9.23 Å². The van der Waals surface area contributed by atoms with Crippen LogP contribution < -0.4 is 4.74 Å². The van der Waals surface area contributed by atoms with Crippen LogP contribution in [0.15, 0.2) is 42.0 Å². The van der Waals surface area contributed by atoms with Crippen LogP contribution in [-0.2, 0) is 10.9 Å². The van der Waals surface area contributed by atoms with Gasteiger partial charge in [0, 0.05) is 10.9 Å². The van der Waals surface area contributed by atoms with Gasteiger partial charge in [0.05, 0.1) is 6.26 Å². The van der Waals surface area contributed by atoms with E-state index in [4.69, 9.17) is 4.74 Å². The van der Waals surface area contributed by atoms with E-state index in [2.05, 4.69) is 18.7 Å². The summed E-state index contributed by atoms with van der Waals surface area (Å²) < 4.78 is 5.22. The van der Waals surface area contributed by atoms with Gasteiger partial charge in [0.1, 0.15) is 17.3 Å². The standard InChI is InChI=1S/C13H17OS/c1-2-14-12-6-8-13(9-7-12)15-10-4-3-5-11-15/h2,6-9H,1,3-5,10-11H2/q+1. The van der Waals surface area contributed by atoms with Crippen LogP contribution in [0.1, 0.15) is 19.3 Å². The van der Waals surface area contributed by atoms with Crippen molar-refractivity contribution in [3.05, 3.63) is 37.1 Å². The smallest absolute Gasteiger partial charge is 0.155 e. The summed E-state index contributed by atoms with van der Waals surface area (Å²) in [4.78, 5) is 1.49. The van der Waals surface area contributed by atoms with Crippen molar-refractivity contribution in [3.8, 4) is 5.75 Å². The highest BCUT2D eigenvalue weighted by Gasteiger charge is 2.24. The SMILES string of the molecule is C=COc1ccc([S+]2CCCCC2)cc1. The second-order valence-corrected chi connectivity index (χ2v) is 5.99. The molecule has 1 fully saturated rings. The minimum atomic E-state index is 0.498. The van der Waals surface area contributed by atoms with Crippen LogP contribution in [0.4, 0.5) is 0 Å². The van der Waals surface area contributed by atoms with Crippen LogP contribution in [0.25, 0.3) is 0 Å². The highest BCUT2D eigenvalue weighted by Crippen LogP contribution is 2.24. The van der Waals surface area contributed by atoms with E-state index in [1.807, 2.05) is 12.1 Å². The quantitative estimate of drug-likeness (QED) is 0.561. The molecule has 1 saturated heterocycles. The Morgan fingerprint density at radius 1 is 1.07 bits per heavy atom. The second kappa shape index (κ2) is 5.26. The summed E-state index contributed by atoms with van der Waals surface area (Å²) in [7, 11) is 0.498. The molecule has 1 aromatic rings. The molecule has 1 aliphatic heterocycles. The lowest BCUT2D eigenvalue weighted by molar-refractivity contribution is 0.483. The lowest BCUT2D eigenvalue weighted by Gasteiger charge is -2.13. The fraction of sp³-hybridized carbons (Fsp3) is 0.385. The van der Waals surface area contributed by atoms with Gasteiger partial charge in [-0.05, 0) is 43.5 Å². The van der Waals surface area contributed by atoms with Crippen molar-refractivity contribution in [2.75, 3.05) is 11.5 Å². The summed E-state index contributed by atoms with van der Waals surface area (Å²) in [6.45, 7) is 3.55. The minimum Gasteiger partial charge on any atom is -0.466 e. The van der Waals surface area contributed by atoms with Gasteiger partial charge < -0.3 is 4.74 Å². The molecular weight excluding hydrogens is 204 g/mol. The average Bonchev–Trinajstić information content (AvgIpc) is 2.32. The Bertz CT molecular complexity index is 312. The first-order chi connectivity index (χ1) is 7.40. The molecule has 15 heavy (non-hydrogen) atoms. The molecule has 2 rings (SSSR count). The van der Waals surface area contributed by atoms with E-state index in [1.165, 1.54) is 41.9 Å². The number of rotatable bonds is 3. The Balaban J connectivity index is 2.04. The number of hydrogen-bond acceptors (Lipinski definition) is 1. The molecule has 0 aliphatic carbocycles. The fourth-order valence-corrected chi connectivity index (χ4v) is 4.18. The molecular formula is C13H17OS+. The zero-order valence-corrected chi connectivity index (χ0v) is 9.76. The monoisotopic (exact) mass is 221 g/mol. The van der Waals surface area contributed by atoms with E-state index in [-0.39, 0.29) is 0 Å². The third kappa shape index (κ3) is 2.78. The molecule has 80 valence electrons. The summed E-state index contributed by atoms with van der Waals surface area (Å²) in [5, 5.41) is 0.